The van der Waals surface area contributed by atoms with Crippen LogP contribution in [-0.2, 0) is 0 Å². The first-order valence-corrected chi connectivity index (χ1v) is 5.19. The van der Waals surface area contributed by atoms with Gasteiger partial charge in [-0.3, -0.25) is 0 Å². The number of anilines is 1. The van der Waals surface area contributed by atoms with Crippen LogP contribution in [0.25, 0.3) is 0 Å². The molecule has 0 aliphatic carbocycles. The lowest BCUT2D eigenvalue weighted by Crippen LogP contribution is -2.19. The Balaban J connectivity index is 3.01. The van der Waals surface area contributed by atoms with Crippen molar-refractivity contribution in [2.75, 3.05) is 11.1 Å². The van der Waals surface area contributed by atoms with Crippen LogP contribution < -0.4 is 5.73 Å². The summed E-state index contributed by atoms with van der Waals surface area (Å²) in [5.41, 5.74) is 5.86. The first-order valence-electron chi connectivity index (χ1n) is 4.07. The van der Waals surface area contributed by atoms with Gasteiger partial charge in [0.15, 0.2) is 0 Å². The summed E-state index contributed by atoms with van der Waals surface area (Å²) in [6.45, 7) is 0. The van der Waals surface area contributed by atoms with Gasteiger partial charge < -0.3 is 21.1 Å². The third-order valence-electron chi connectivity index (χ3n) is 1.94. The molecular weight excluding hydrogens is 250 g/mol. The van der Waals surface area contributed by atoms with Crippen molar-refractivity contribution in [1.82, 2.24) is 0 Å². The number of phenolic OH excluding ortho intramolecular Hbond substituents is 1. The zero-order valence-electron chi connectivity index (χ0n) is 7.39. The van der Waals surface area contributed by atoms with Gasteiger partial charge in [-0.2, -0.15) is 0 Å². The highest BCUT2D eigenvalue weighted by molar-refractivity contribution is 9.09. The normalized spacial score (nSPS) is 15.1. The maximum Gasteiger partial charge on any atom is 0.144 e. The molecule has 0 saturated heterocycles. The van der Waals surface area contributed by atoms with Gasteiger partial charge >= 0.3 is 0 Å². The number of aliphatic hydroxyl groups is 2. The van der Waals surface area contributed by atoms with Gasteiger partial charge in [-0.05, 0) is 6.07 Å². The molecule has 14 heavy (non-hydrogen) atoms. The highest BCUT2D eigenvalue weighted by atomic mass is 79.9. The summed E-state index contributed by atoms with van der Waals surface area (Å²) < 4.78 is 0. The van der Waals surface area contributed by atoms with Crippen molar-refractivity contribution in [2.24, 2.45) is 0 Å². The van der Waals surface area contributed by atoms with Gasteiger partial charge in [0.05, 0.1) is 11.8 Å². The summed E-state index contributed by atoms with van der Waals surface area (Å²) in [6, 6.07) is 4.64. The summed E-state index contributed by atoms with van der Waals surface area (Å²) in [7, 11) is 0. The second-order valence-corrected chi connectivity index (χ2v) is 3.60. The van der Waals surface area contributed by atoms with Crippen LogP contribution in [0.4, 0.5) is 5.69 Å². The van der Waals surface area contributed by atoms with Crippen LogP contribution in [0.5, 0.6) is 5.75 Å². The average Bonchev–Trinajstić information content (AvgIpc) is 2.20. The van der Waals surface area contributed by atoms with Gasteiger partial charge in [-0.1, -0.05) is 28.1 Å². The molecule has 4 nitrogen and oxygen atoms in total. The van der Waals surface area contributed by atoms with Gasteiger partial charge in [0, 0.05) is 10.9 Å². The predicted molar refractivity (Wildman–Crippen MR) is 57.3 cm³/mol. The predicted octanol–water partition coefficient (Wildman–Crippen LogP) is 0.764. The molecule has 1 aromatic carbocycles. The van der Waals surface area contributed by atoms with Crippen molar-refractivity contribution in [2.45, 2.75) is 12.2 Å². The van der Waals surface area contributed by atoms with E-state index in [9.17, 15) is 15.3 Å². The fourth-order valence-corrected chi connectivity index (χ4v) is 1.46. The maximum atomic E-state index is 9.60. The first-order chi connectivity index (χ1) is 6.57. The zero-order chi connectivity index (χ0) is 10.7. The van der Waals surface area contributed by atoms with Crippen molar-refractivity contribution in [3.63, 3.8) is 0 Å². The number of halogens is 1. The molecule has 5 heteroatoms. The summed E-state index contributed by atoms with van der Waals surface area (Å²) >= 11 is 3.03. The molecule has 0 fully saturated rings. The number of nitrogen functional groups attached to an aromatic ring is 1. The van der Waals surface area contributed by atoms with E-state index >= 15 is 0 Å². The summed E-state index contributed by atoms with van der Waals surface area (Å²) in [4.78, 5) is 0. The van der Waals surface area contributed by atoms with Crippen LogP contribution in [0, 0.1) is 0 Å². The Hall–Kier alpha value is -0.780. The SMILES string of the molecule is Nc1cccc(C(O)C(O)CBr)c1O. The Morgan fingerprint density at radius 3 is 2.57 bits per heavy atom. The fraction of sp³-hybridized carbons (Fsp3) is 0.333. The van der Waals surface area contributed by atoms with Crippen LogP contribution in [0.15, 0.2) is 18.2 Å². The lowest BCUT2D eigenvalue weighted by molar-refractivity contribution is 0.0328. The molecule has 0 aliphatic rings. The number of benzene rings is 1. The average molecular weight is 262 g/mol. The number of nitrogens with two attached hydrogens (primary N) is 1. The zero-order valence-corrected chi connectivity index (χ0v) is 8.98. The number of para-hydroxylation sites is 1. The molecule has 0 heterocycles. The van der Waals surface area contributed by atoms with Crippen LogP contribution >= 0.6 is 15.9 Å². The van der Waals surface area contributed by atoms with E-state index in [2.05, 4.69) is 15.9 Å². The number of alkyl halides is 1. The second-order valence-electron chi connectivity index (χ2n) is 2.95. The van der Waals surface area contributed by atoms with E-state index in [4.69, 9.17) is 5.73 Å². The summed E-state index contributed by atoms with van der Waals surface area (Å²) in [6.07, 6.45) is -2.11. The maximum absolute atomic E-state index is 9.60. The number of rotatable bonds is 3. The highest BCUT2D eigenvalue weighted by Gasteiger charge is 2.20. The van der Waals surface area contributed by atoms with Crippen LogP contribution in [0.2, 0.25) is 0 Å². The van der Waals surface area contributed by atoms with E-state index in [1.54, 1.807) is 6.07 Å². The van der Waals surface area contributed by atoms with E-state index in [1.807, 2.05) is 0 Å². The van der Waals surface area contributed by atoms with Gasteiger partial charge in [0.1, 0.15) is 11.9 Å². The second kappa shape index (κ2) is 4.63. The molecule has 0 aromatic heterocycles. The summed E-state index contributed by atoms with van der Waals surface area (Å²) in [5.74, 6) is -0.181. The van der Waals surface area contributed by atoms with Crippen LogP contribution in [-0.4, -0.2) is 26.8 Å². The number of aliphatic hydroxyl groups excluding tert-OH is 2. The Kier molecular flexibility index (Phi) is 3.74. The molecule has 0 radical (unpaired) electrons. The molecule has 2 unspecified atom stereocenters. The lowest BCUT2D eigenvalue weighted by Gasteiger charge is -2.17. The molecule has 1 rings (SSSR count). The lowest BCUT2D eigenvalue weighted by atomic mass is 10.0. The highest BCUT2D eigenvalue weighted by Crippen LogP contribution is 2.31. The molecule has 78 valence electrons. The Morgan fingerprint density at radius 2 is 2.00 bits per heavy atom. The van der Waals surface area contributed by atoms with Gasteiger partial charge in [0.25, 0.3) is 0 Å². The monoisotopic (exact) mass is 261 g/mol. The van der Waals surface area contributed by atoms with Crippen LogP contribution in [0.1, 0.15) is 11.7 Å². The molecule has 0 spiro atoms. The van der Waals surface area contributed by atoms with Crippen molar-refractivity contribution in [3.8, 4) is 5.75 Å². The Bertz CT molecular complexity index is 319. The molecule has 0 saturated carbocycles. The quantitative estimate of drug-likeness (QED) is 0.368. The standard InChI is InChI=1S/C9H12BrNO3/c10-4-7(12)9(14)5-2-1-3-6(11)8(5)13/h1-3,7,9,12-14H,4,11H2. The minimum Gasteiger partial charge on any atom is -0.505 e. The largest absolute Gasteiger partial charge is 0.505 e. The minimum atomic E-state index is -1.14. The molecule has 5 N–H and O–H groups in total. The van der Waals surface area contributed by atoms with Gasteiger partial charge in [0.2, 0.25) is 0 Å². The van der Waals surface area contributed by atoms with Crippen LogP contribution in [0.3, 0.4) is 0 Å². The molecular formula is C9H12BrNO3. The molecule has 1 aromatic rings. The third kappa shape index (κ3) is 2.17. The van der Waals surface area contributed by atoms with Crippen molar-refractivity contribution < 1.29 is 15.3 Å². The number of hydrogen-bond donors (Lipinski definition) is 4. The summed E-state index contributed by atoms with van der Waals surface area (Å²) in [5, 5.41) is 28.7. The molecule has 0 amide bonds. The number of hydrogen-bond acceptors (Lipinski definition) is 4. The number of phenols is 1. The fourth-order valence-electron chi connectivity index (χ4n) is 1.11. The first kappa shape index (κ1) is 11.3. The topological polar surface area (TPSA) is 86.7 Å². The Labute approximate surface area is 90.1 Å². The van der Waals surface area contributed by atoms with E-state index in [-0.39, 0.29) is 22.3 Å². The van der Waals surface area contributed by atoms with Crippen molar-refractivity contribution >= 4 is 21.6 Å². The minimum absolute atomic E-state index is 0.181. The molecule has 0 aliphatic heterocycles. The van der Waals surface area contributed by atoms with Crippen molar-refractivity contribution in [3.05, 3.63) is 23.8 Å². The van der Waals surface area contributed by atoms with E-state index in [0.29, 0.717) is 0 Å². The van der Waals surface area contributed by atoms with E-state index < -0.39 is 12.2 Å². The van der Waals surface area contributed by atoms with E-state index in [1.165, 1.54) is 12.1 Å². The van der Waals surface area contributed by atoms with Crippen molar-refractivity contribution in [1.29, 1.82) is 0 Å². The smallest absolute Gasteiger partial charge is 0.144 e. The molecule has 2 atom stereocenters. The van der Waals surface area contributed by atoms with E-state index in [0.717, 1.165) is 0 Å². The number of aromatic hydroxyl groups is 1. The van der Waals surface area contributed by atoms with Gasteiger partial charge in [-0.25, -0.2) is 0 Å². The molecule has 0 bridgehead atoms. The van der Waals surface area contributed by atoms with Gasteiger partial charge in [-0.15, -0.1) is 0 Å². The Morgan fingerprint density at radius 1 is 1.36 bits per heavy atom. The third-order valence-corrected chi connectivity index (χ3v) is 2.60.